The SMILES string of the molecule is Nc1ccn(Cc2ccncc2)n1.O=C(CCc1ccccc1)Nc1ccn(Cc2ccncc2)n1.O=C(O)CCc1ccccc1. The number of aryl methyl sites for hydroxylation is 2. The maximum atomic E-state index is 12.0. The number of pyridine rings is 2. The molecule has 2 aromatic carbocycles. The zero-order valence-corrected chi connectivity index (χ0v) is 26.0. The molecule has 0 spiro atoms. The molecular formula is C36H38N8O3. The minimum absolute atomic E-state index is 0.0250. The summed E-state index contributed by atoms with van der Waals surface area (Å²) in [6, 6.07) is 31.0. The highest BCUT2D eigenvalue weighted by Crippen LogP contribution is 2.08. The zero-order chi connectivity index (χ0) is 33.1. The standard InChI is InChI=1S/C18H18N4O.C9H10N4.C9H10O2/c23-18(7-6-15-4-2-1-3-5-15)20-17-10-13-22(21-17)14-16-8-11-19-12-9-16;10-9-3-6-13(12-9)7-8-1-4-11-5-2-8;10-9(11)7-6-8-4-2-1-3-5-8/h1-5,8-13H,6-7,14H2,(H,20,21,23);1-6H,7H2,(H2,10,12);1-5H,6-7H2,(H,10,11). The average molecular weight is 631 g/mol. The Bertz CT molecular complexity index is 1760. The van der Waals surface area contributed by atoms with Crippen molar-refractivity contribution in [1.29, 1.82) is 0 Å². The molecule has 0 bridgehead atoms. The van der Waals surface area contributed by atoms with E-state index in [2.05, 4.69) is 25.5 Å². The van der Waals surface area contributed by atoms with Gasteiger partial charge < -0.3 is 16.2 Å². The van der Waals surface area contributed by atoms with Gasteiger partial charge in [-0.15, -0.1) is 0 Å². The highest BCUT2D eigenvalue weighted by Gasteiger charge is 2.06. The van der Waals surface area contributed by atoms with Crippen LogP contribution in [0.15, 0.2) is 134 Å². The molecule has 4 heterocycles. The maximum Gasteiger partial charge on any atom is 0.303 e. The van der Waals surface area contributed by atoms with E-state index in [1.54, 1.807) is 40.2 Å². The highest BCUT2D eigenvalue weighted by molar-refractivity contribution is 5.89. The summed E-state index contributed by atoms with van der Waals surface area (Å²) in [7, 11) is 0. The molecule has 0 aliphatic rings. The van der Waals surface area contributed by atoms with Crippen LogP contribution in [0.5, 0.6) is 0 Å². The number of hydrogen-bond acceptors (Lipinski definition) is 7. The van der Waals surface area contributed by atoms with Gasteiger partial charge in [0.05, 0.1) is 13.1 Å². The minimum atomic E-state index is -0.742. The fourth-order valence-corrected chi connectivity index (χ4v) is 4.34. The minimum Gasteiger partial charge on any atom is -0.481 e. The summed E-state index contributed by atoms with van der Waals surface area (Å²) in [6.45, 7) is 1.39. The first kappa shape index (κ1) is 33.8. The van der Waals surface area contributed by atoms with Crippen LogP contribution in [0.1, 0.15) is 35.1 Å². The second kappa shape index (κ2) is 18.6. The average Bonchev–Trinajstić information content (AvgIpc) is 3.72. The normalized spacial score (nSPS) is 10.1. The Kier molecular flexibility index (Phi) is 13.4. The monoisotopic (exact) mass is 630 g/mol. The number of carbonyl (C=O) groups is 2. The van der Waals surface area contributed by atoms with Crippen LogP contribution in [0, 0.1) is 0 Å². The summed E-state index contributed by atoms with van der Waals surface area (Å²) in [5.74, 6) is 0.364. The molecule has 0 unspecified atom stereocenters. The van der Waals surface area contributed by atoms with Crippen molar-refractivity contribution in [2.24, 2.45) is 0 Å². The van der Waals surface area contributed by atoms with E-state index in [4.69, 9.17) is 10.8 Å². The predicted molar refractivity (Wildman–Crippen MR) is 181 cm³/mol. The third-order valence-electron chi connectivity index (χ3n) is 6.71. The maximum absolute atomic E-state index is 12.0. The second-order valence-corrected chi connectivity index (χ2v) is 10.5. The summed E-state index contributed by atoms with van der Waals surface area (Å²) >= 11 is 0. The van der Waals surface area contributed by atoms with Gasteiger partial charge in [-0.25, -0.2) is 0 Å². The molecule has 0 saturated heterocycles. The predicted octanol–water partition coefficient (Wildman–Crippen LogP) is 5.51. The summed E-state index contributed by atoms with van der Waals surface area (Å²) in [6.07, 6.45) is 12.8. The number of carboxylic acids is 1. The van der Waals surface area contributed by atoms with Gasteiger partial charge in [0.25, 0.3) is 0 Å². The molecule has 0 aliphatic heterocycles. The number of amides is 1. The van der Waals surface area contributed by atoms with Crippen LogP contribution in [0.25, 0.3) is 0 Å². The van der Waals surface area contributed by atoms with E-state index >= 15 is 0 Å². The van der Waals surface area contributed by atoms with Gasteiger partial charge in [0.15, 0.2) is 5.82 Å². The van der Waals surface area contributed by atoms with Gasteiger partial charge in [-0.05, 0) is 65.4 Å². The number of rotatable bonds is 11. The van der Waals surface area contributed by atoms with Gasteiger partial charge in [0.2, 0.25) is 5.91 Å². The number of carboxylic acid groups (broad SMARTS) is 1. The molecule has 4 N–H and O–H groups in total. The number of carbonyl (C=O) groups excluding carboxylic acids is 1. The van der Waals surface area contributed by atoms with Crippen LogP contribution in [0.4, 0.5) is 11.6 Å². The van der Waals surface area contributed by atoms with Crippen LogP contribution in [-0.4, -0.2) is 46.5 Å². The summed E-state index contributed by atoms with van der Waals surface area (Å²) in [5, 5.41) is 19.7. The first-order valence-electron chi connectivity index (χ1n) is 15.1. The lowest BCUT2D eigenvalue weighted by Gasteiger charge is -2.03. The molecule has 0 aliphatic carbocycles. The van der Waals surface area contributed by atoms with Crippen molar-refractivity contribution < 1.29 is 14.7 Å². The van der Waals surface area contributed by atoms with Gasteiger partial charge >= 0.3 is 5.97 Å². The van der Waals surface area contributed by atoms with E-state index in [1.807, 2.05) is 103 Å². The van der Waals surface area contributed by atoms with Gasteiger partial charge in [0, 0.05) is 56.1 Å². The van der Waals surface area contributed by atoms with Crippen LogP contribution in [0.3, 0.4) is 0 Å². The largest absolute Gasteiger partial charge is 0.481 e. The van der Waals surface area contributed by atoms with E-state index in [0.717, 1.165) is 35.2 Å². The molecule has 4 aromatic heterocycles. The Hall–Kier alpha value is -6.10. The highest BCUT2D eigenvalue weighted by atomic mass is 16.4. The van der Waals surface area contributed by atoms with Crippen molar-refractivity contribution in [3.8, 4) is 0 Å². The smallest absolute Gasteiger partial charge is 0.303 e. The summed E-state index contributed by atoms with van der Waals surface area (Å²) in [5.41, 5.74) is 10.0. The van der Waals surface area contributed by atoms with E-state index in [9.17, 15) is 9.59 Å². The molecule has 0 fully saturated rings. The number of hydrogen-bond donors (Lipinski definition) is 3. The molecule has 1 amide bonds. The lowest BCUT2D eigenvalue weighted by atomic mass is 10.1. The number of nitrogens with zero attached hydrogens (tertiary/aromatic N) is 6. The van der Waals surface area contributed by atoms with Gasteiger partial charge in [-0.2, -0.15) is 10.2 Å². The van der Waals surface area contributed by atoms with Crippen molar-refractivity contribution in [3.63, 3.8) is 0 Å². The zero-order valence-electron chi connectivity index (χ0n) is 26.0. The third-order valence-corrected chi connectivity index (χ3v) is 6.71. The lowest BCUT2D eigenvalue weighted by molar-refractivity contribution is -0.137. The molecule has 47 heavy (non-hydrogen) atoms. The molecule has 0 atom stereocenters. The molecule has 11 heteroatoms. The first-order valence-corrected chi connectivity index (χ1v) is 15.1. The van der Waals surface area contributed by atoms with Crippen LogP contribution >= 0.6 is 0 Å². The summed E-state index contributed by atoms with van der Waals surface area (Å²) in [4.78, 5) is 30.1. The molecule has 6 aromatic rings. The Balaban J connectivity index is 0.000000176. The van der Waals surface area contributed by atoms with Crippen LogP contribution in [-0.2, 0) is 35.5 Å². The number of nitrogens with one attached hydrogen (secondary N) is 1. The van der Waals surface area contributed by atoms with Crippen molar-refractivity contribution in [1.82, 2.24) is 29.5 Å². The number of aliphatic carboxylic acids is 1. The van der Waals surface area contributed by atoms with E-state index in [0.29, 0.717) is 31.0 Å². The van der Waals surface area contributed by atoms with Crippen LogP contribution in [0.2, 0.25) is 0 Å². The van der Waals surface area contributed by atoms with Crippen molar-refractivity contribution in [3.05, 3.63) is 156 Å². The van der Waals surface area contributed by atoms with Gasteiger partial charge in [-0.3, -0.25) is 28.9 Å². The molecule has 6 rings (SSSR count). The second-order valence-electron chi connectivity index (χ2n) is 10.5. The molecule has 0 saturated carbocycles. The quantitative estimate of drug-likeness (QED) is 0.169. The number of benzene rings is 2. The number of nitrogen functional groups attached to an aromatic ring is 1. The Morgan fingerprint density at radius 1 is 0.617 bits per heavy atom. The van der Waals surface area contributed by atoms with Gasteiger partial charge in [-0.1, -0.05) is 60.7 Å². The Morgan fingerprint density at radius 3 is 1.60 bits per heavy atom. The van der Waals surface area contributed by atoms with Crippen molar-refractivity contribution in [2.45, 2.75) is 38.8 Å². The third kappa shape index (κ3) is 13.2. The fraction of sp³-hybridized carbons (Fsp3) is 0.167. The van der Waals surface area contributed by atoms with Crippen molar-refractivity contribution >= 4 is 23.5 Å². The topological polar surface area (TPSA) is 154 Å². The molecule has 240 valence electrons. The number of aromatic nitrogens is 6. The van der Waals surface area contributed by atoms with E-state index in [1.165, 1.54) is 0 Å². The lowest BCUT2D eigenvalue weighted by Crippen LogP contribution is -2.13. The summed E-state index contributed by atoms with van der Waals surface area (Å²) < 4.78 is 3.59. The van der Waals surface area contributed by atoms with Crippen LogP contribution < -0.4 is 11.1 Å². The number of anilines is 2. The van der Waals surface area contributed by atoms with Crippen molar-refractivity contribution in [2.75, 3.05) is 11.1 Å². The fourth-order valence-electron chi connectivity index (χ4n) is 4.34. The van der Waals surface area contributed by atoms with E-state index < -0.39 is 5.97 Å². The Labute approximate surface area is 273 Å². The van der Waals surface area contributed by atoms with E-state index in [-0.39, 0.29) is 12.3 Å². The Morgan fingerprint density at radius 2 is 1.11 bits per heavy atom. The number of nitrogens with two attached hydrogens (primary N) is 1. The molecular weight excluding hydrogens is 592 g/mol. The molecule has 11 nitrogen and oxygen atoms in total. The van der Waals surface area contributed by atoms with Gasteiger partial charge in [0.1, 0.15) is 5.82 Å². The molecule has 0 radical (unpaired) electrons. The first-order chi connectivity index (χ1) is 22.9.